The zero-order chi connectivity index (χ0) is 14.0. The molecule has 1 aromatic rings. The topological polar surface area (TPSA) is 49.4 Å². The number of nitrogens with one attached hydrogen (secondary N) is 1. The lowest BCUT2D eigenvalue weighted by Gasteiger charge is -2.31. The Hall–Kier alpha value is -0.330. The molecule has 1 N–H and O–H groups in total. The van der Waals surface area contributed by atoms with E-state index in [0.29, 0.717) is 18.1 Å². The summed E-state index contributed by atoms with van der Waals surface area (Å²) in [5.41, 5.74) is 0. The van der Waals surface area contributed by atoms with Crippen LogP contribution in [0.25, 0.3) is 0 Å². The van der Waals surface area contributed by atoms with Crippen LogP contribution in [0.4, 0.5) is 0 Å². The number of rotatable bonds is 3. The molecule has 1 unspecified atom stereocenters. The van der Waals surface area contributed by atoms with Crippen LogP contribution in [0.1, 0.15) is 12.8 Å². The highest BCUT2D eigenvalue weighted by molar-refractivity contribution is 7.89. The lowest BCUT2D eigenvalue weighted by Crippen LogP contribution is -2.46. The van der Waals surface area contributed by atoms with Crippen LogP contribution in [0.2, 0.25) is 10.0 Å². The summed E-state index contributed by atoms with van der Waals surface area (Å²) >= 11 is 11.9. The van der Waals surface area contributed by atoms with Crippen LogP contribution in [-0.2, 0) is 10.0 Å². The fourth-order valence-electron chi connectivity index (χ4n) is 2.21. The highest BCUT2D eigenvalue weighted by Crippen LogP contribution is 2.29. The molecule has 1 aliphatic heterocycles. The monoisotopic (exact) mass is 322 g/mol. The van der Waals surface area contributed by atoms with Gasteiger partial charge in [0.25, 0.3) is 0 Å². The first kappa shape index (κ1) is 15.1. The molecule has 19 heavy (non-hydrogen) atoms. The number of nitrogens with zero attached hydrogens (tertiary/aromatic N) is 1. The van der Waals surface area contributed by atoms with Crippen molar-refractivity contribution in [2.45, 2.75) is 23.8 Å². The number of piperidine rings is 1. The Kier molecular flexibility index (Phi) is 4.74. The molecule has 0 radical (unpaired) electrons. The fourth-order valence-corrected chi connectivity index (χ4v) is 4.47. The zero-order valence-electron chi connectivity index (χ0n) is 10.6. The molecular weight excluding hydrogens is 307 g/mol. The van der Waals surface area contributed by atoms with Crippen molar-refractivity contribution in [3.05, 3.63) is 28.2 Å². The predicted octanol–water partition coefficient (Wildman–Crippen LogP) is 2.37. The van der Waals surface area contributed by atoms with Gasteiger partial charge in [-0.2, -0.15) is 4.31 Å². The Morgan fingerprint density at radius 2 is 2.11 bits per heavy atom. The molecule has 1 fully saturated rings. The van der Waals surface area contributed by atoms with Crippen LogP contribution >= 0.6 is 23.2 Å². The van der Waals surface area contributed by atoms with Gasteiger partial charge in [-0.25, -0.2) is 8.42 Å². The first-order valence-corrected chi connectivity index (χ1v) is 8.27. The third kappa shape index (κ3) is 3.23. The van der Waals surface area contributed by atoms with Crippen molar-refractivity contribution in [1.29, 1.82) is 0 Å². The highest BCUT2D eigenvalue weighted by atomic mass is 35.5. The molecule has 0 aromatic heterocycles. The minimum absolute atomic E-state index is 0.0819. The molecule has 106 valence electrons. The second-order valence-corrected chi connectivity index (χ2v) is 7.32. The molecule has 0 saturated carbocycles. The van der Waals surface area contributed by atoms with E-state index in [0.717, 1.165) is 12.8 Å². The number of sulfonamides is 1. The highest BCUT2D eigenvalue weighted by Gasteiger charge is 2.31. The van der Waals surface area contributed by atoms with Gasteiger partial charge >= 0.3 is 0 Å². The van der Waals surface area contributed by atoms with Crippen molar-refractivity contribution in [3.63, 3.8) is 0 Å². The first-order valence-electron chi connectivity index (χ1n) is 6.07. The summed E-state index contributed by atoms with van der Waals surface area (Å²) in [7, 11) is -1.74. The van der Waals surface area contributed by atoms with Crippen LogP contribution in [0.5, 0.6) is 0 Å². The molecular formula is C12H16Cl2N2O2S. The fraction of sp³-hybridized carbons (Fsp3) is 0.500. The Morgan fingerprint density at radius 1 is 1.37 bits per heavy atom. The molecule has 0 amide bonds. The van der Waals surface area contributed by atoms with Gasteiger partial charge in [0.1, 0.15) is 4.90 Å². The van der Waals surface area contributed by atoms with Crippen molar-refractivity contribution < 1.29 is 8.42 Å². The molecule has 0 spiro atoms. The second kappa shape index (κ2) is 5.97. The molecule has 1 aromatic carbocycles. The Labute approximate surface area is 123 Å². The summed E-state index contributed by atoms with van der Waals surface area (Å²) in [6.07, 6.45) is 1.81. The standard InChI is InChI=1S/C12H16Cl2N2O2S/c1-15-10-3-2-6-16(8-10)19(17,18)12-7-9(13)4-5-11(12)14/h4-5,7,10,15H,2-3,6,8H2,1H3. The predicted molar refractivity (Wildman–Crippen MR) is 77.3 cm³/mol. The summed E-state index contributed by atoms with van der Waals surface area (Å²) in [5.74, 6) is 0. The molecule has 0 bridgehead atoms. The van der Waals surface area contributed by atoms with E-state index in [1.54, 1.807) is 6.07 Å². The van der Waals surface area contributed by atoms with Gasteiger partial charge in [-0.15, -0.1) is 0 Å². The van der Waals surface area contributed by atoms with Crippen molar-refractivity contribution >= 4 is 33.2 Å². The summed E-state index contributed by atoms with van der Waals surface area (Å²) in [5, 5.41) is 3.69. The number of benzene rings is 1. The lowest BCUT2D eigenvalue weighted by atomic mass is 10.1. The molecule has 2 rings (SSSR count). The van der Waals surface area contributed by atoms with E-state index in [-0.39, 0.29) is 16.0 Å². The normalized spacial score (nSPS) is 21.5. The number of hydrogen-bond acceptors (Lipinski definition) is 3. The average molecular weight is 323 g/mol. The van der Waals surface area contributed by atoms with Crippen molar-refractivity contribution in [2.75, 3.05) is 20.1 Å². The molecule has 7 heteroatoms. The van der Waals surface area contributed by atoms with Crippen LogP contribution in [0.15, 0.2) is 23.1 Å². The van der Waals surface area contributed by atoms with Gasteiger partial charge in [0.15, 0.2) is 0 Å². The molecule has 0 aliphatic carbocycles. The first-order chi connectivity index (χ1) is 8.95. The van der Waals surface area contributed by atoms with Crippen molar-refractivity contribution in [3.8, 4) is 0 Å². The van der Waals surface area contributed by atoms with Crippen LogP contribution in [-0.4, -0.2) is 38.9 Å². The Balaban J connectivity index is 2.34. The molecule has 1 aliphatic rings. The summed E-state index contributed by atoms with van der Waals surface area (Å²) in [4.78, 5) is 0.0819. The minimum Gasteiger partial charge on any atom is -0.316 e. The molecule has 4 nitrogen and oxygen atoms in total. The van der Waals surface area contributed by atoms with Gasteiger partial charge in [0.2, 0.25) is 10.0 Å². The molecule has 1 atom stereocenters. The van der Waals surface area contributed by atoms with Crippen LogP contribution < -0.4 is 5.32 Å². The lowest BCUT2D eigenvalue weighted by molar-refractivity contribution is 0.293. The van der Waals surface area contributed by atoms with E-state index in [1.165, 1.54) is 16.4 Å². The smallest absolute Gasteiger partial charge is 0.244 e. The van der Waals surface area contributed by atoms with E-state index >= 15 is 0 Å². The van der Waals surface area contributed by atoms with E-state index in [4.69, 9.17) is 23.2 Å². The Morgan fingerprint density at radius 3 is 2.79 bits per heavy atom. The third-order valence-electron chi connectivity index (χ3n) is 3.30. The maximum Gasteiger partial charge on any atom is 0.244 e. The van der Waals surface area contributed by atoms with Gasteiger partial charge in [0, 0.05) is 24.2 Å². The van der Waals surface area contributed by atoms with Crippen LogP contribution in [0, 0.1) is 0 Å². The van der Waals surface area contributed by atoms with E-state index in [2.05, 4.69) is 5.32 Å². The summed E-state index contributed by atoms with van der Waals surface area (Å²) in [6, 6.07) is 4.68. The summed E-state index contributed by atoms with van der Waals surface area (Å²) in [6.45, 7) is 0.977. The molecule has 1 saturated heterocycles. The second-order valence-electron chi connectivity index (χ2n) is 4.57. The van der Waals surface area contributed by atoms with Gasteiger partial charge in [-0.05, 0) is 38.1 Å². The number of likely N-dealkylation sites (N-methyl/N-ethyl adjacent to an activating group) is 1. The third-order valence-corrected chi connectivity index (χ3v) is 5.89. The zero-order valence-corrected chi connectivity index (χ0v) is 12.9. The average Bonchev–Trinajstić information content (AvgIpc) is 2.41. The SMILES string of the molecule is CNC1CCCN(S(=O)(=O)c2cc(Cl)ccc2Cl)C1. The maximum absolute atomic E-state index is 12.6. The largest absolute Gasteiger partial charge is 0.316 e. The number of halogens is 2. The van der Waals surface area contributed by atoms with Crippen molar-refractivity contribution in [1.82, 2.24) is 9.62 Å². The minimum atomic E-state index is -3.58. The Bertz CT molecular complexity index is 563. The van der Waals surface area contributed by atoms with E-state index < -0.39 is 10.0 Å². The quantitative estimate of drug-likeness (QED) is 0.929. The van der Waals surface area contributed by atoms with E-state index in [1.807, 2.05) is 7.05 Å². The number of hydrogen-bond donors (Lipinski definition) is 1. The molecule has 1 heterocycles. The van der Waals surface area contributed by atoms with Gasteiger partial charge in [0.05, 0.1) is 5.02 Å². The van der Waals surface area contributed by atoms with Crippen molar-refractivity contribution in [2.24, 2.45) is 0 Å². The van der Waals surface area contributed by atoms with E-state index in [9.17, 15) is 8.42 Å². The van der Waals surface area contributed by atoms with Gasteiger partial charge < -0.3 is 5.32 Å². The van der Waals surface area contributed by atoms with Gasteiger partial charge in [-0.1, -0.05) is 23.2 Å². The summed E-state index contributed by atoms with van der Waals surface area (Å²) < 4.78 is 26.6. The maximum atomic E-state index is 12.6. The van der Waals surface area contributed by atoms with Gasteiger partial charge in [-0.3, -0.25) is 0 Å². The van der Waals surface area contributed by atoms with Crippen LogP contribution in [0.3, 0.4) is 0 Å².